The van der Waals surface area contributed by atoms with Crippen molar-refractivity contribution in [1.82, 2.24) is 20.6 Å². The van der Waals surface area contributed by atoms with Gasteiger partial charge in [-0.3, -0.25) is 10.2 Å². The Bertz CT molecular complexity index is 1450. The summed E-state index contributed by atoms with van der Waals surface area (Å²) >= 11 is 6.51. The Morgan fingerprint density at radius 3 is 2.75 bits per heavy atom. The van der Waals surface area contributed by atoms with Crippen LogP contribution in [0.3, 0.4) is 0 Å². The number of rotatable bonds is 9. The number of esters is 1. The largest absolute Gasteiger partial charge is 0.493 e. The van der Waals surface area contributed by atoms with Crippen LogP contribution in [0.25, 0.3) is 5.69 Å². The summed E-state index contributed by atoms with van der Waals surface area (Å²) in [5.74, 6) is 1.60. The number of hydrogen-bond acceptors (Lipinski definition) is 9. The monoisotopic (exact) mass is 565 g/mol. The number of fused-ring (bicyclic) bond motifs is 3. The standard InChI is InChI=1S/C29H32ClN5O5/c1-4-39-28(36)29(13-14-29)27-31-33-35(32-27)16-12-23-22-8-6-15-34(22)21-11-10-18(30)17-20(21)25(40-23)19-7-5-9-24(37-2)26(19)38-3/h5-11,15,17,23,25,33H,4,12-14,16H2,1-3H3,(H,31,32)/t23-,25-/m1/s1. The first-order valence-corrected chi connectivity index (χ1v) is 13.8. The number of nitrogens with zero attached hydrogens (tertiary/aromatic N) is 3. The summed E-state index contributed by atoms with van der Waals surface area (Å²) in [5, 5.41) is 6.80. The minimum atomic E-state index is -0.680. The number of hydrazone groups is 1. The maximum absolute atomic E-state index is 12.5. The van der Waals surface area contributed by atoms with Gasteiger partial charge in [0, 0.05) is 28.9 Å². The molecule has 2 N–H and O–H groups in total. The Morgan fingerprint density at radius 1 is 1.15 bits per heavy atom. The molecule has 3 heterocycles. The molecule has 2 atom stereocenters. The zero-order valence-electron chi connectivity index (χ0n) is 22.6. The summed E-state index contributed by atoms with van der Waals surface area (Å²) in [6.07, 6.45) is 3.31. The molecule has 210 valence electrons. The van der Waals surface area contributed by atoms with E-state index in [1.807, 2.05) is 55.6 Å². The topological polar surface area (TPSA) is 98.6 Å². The number of hydrogen-bond donors (Lipinski definition) is 2. The van der Waals surface area contributed by atoms with Crippen LogP contribution in [-0.2, 0) is 14.3 Å². The highest BCUT2D eigenvalue weighted by atomic mass is 35.5. The lowest BCUT2D eigenvalue weighted by Crippen LogP contribution is -2.46. The molecule has 0 bridgehead atoms. The highest BCUT2D eigenvalue weighted by Crippen LogP contribution is 2.49. The van der Waals surface area contributed by atoms with Gasteiger partial charge in [0.25, 0.3) is 0 Å². The second-order valence-electron chi connectivity index (χ2n) is 10.0. The highest BCUT2D eigenvalue weighted by molar-refractivity contribution is 6.30. The van der Waals surface area contributed by atoms with E-state index in [2.05, 4.69) is 26.7 Å². The number of para-hydroxylation sites is 1. The molecule has 0 radical (unpaired) electrons. The number of ether oxygens (including phenoxy) is 4. The Balaban J connectivity index is 1.28. The highest BCUT2D eigenvalue weighted by Gasteiger charge is 2.57. The number of aromatic nitrogens is 1. The summed E-state index contributed by atoms with van der Waals surface area (Å²) in [6.45, 7) is 2.70. The van der Waals surface area contributed by atoms with Crippen LogP contribution in [0.1, 0.15) is 55.2 Å². The lowest BCUT2D eigenvalue weighted by atomic mass is 9.98. The van der Waals surface area contributed by atoms with Crippen molar-refractivity contribution in [2.45, 2.75) is 38.4 Å². The molecule has 3 aromatic rings. The van der Waals surface area contributed by atoms with Gasteiger partial charge in [-0.1, -0.05) is 23.7 Å². The van der Waals surface area contributed by atoms with Gasteiger partial charge in [0.1, 0.15) is 17.6 Å². The number of halogens is 1. The number of carbonyl (C=O) groups is 1. The third-order valence-corrected chi connectivity index (χ3v) is 7.90. The predicted octanol–water partition coefficient (Wildman–Crippen LogP) is 4.68. The molecule has 0 spiro atoms. The lowest BCUT2D eigenvalue weighted by molar-refractivity contribution is -0.146. The predicted molar refractivity (Wildman–Crippen MR) is 149 cm³/mol. The fraction of sp³-hybridized carbons (Fsp3) is 0.379. The summed E-state index contributed by atoms with van der Waals surface area (Å²) in [6, 6.07) is 15.7. The van der Waals surface area contributed by atoms with Crippen LogP contribution < -0.4 is 20.4 Å². The summed E-state index contributed by atoms with van der Waals surface area (Å²) in [4.78, 5) is 12.5. The minimum absolute atomic E-state index is 0.235. The summed E-state index contributed by atoms with van der Waals surface area (Å²) in [7, 11) is 3.25. The molecular formula is C29H32ClN5O5. The second kappa shape index (κ2) is 10.7. The van der Waals surface area contributed by atoms with Gasteiger partial charge in [0.2, 0.25) is 0 Å². The van der Waals surface area contributed by atoms with E-state index in [1.54, 1.807) is 19.3 Å². The normalized spacial score (nSPS) is 20.8. The maximum atomic E-state index is 12.5. The molecule has 10 nitrogen and oxygen atoms in total. The second-order valence-corrected chi connectivity index (χ2v) is 10.4. The van der Waals surface area contributed by atoms with Crippen molar-refractivity contribution < 1.29 is 23.7 Å². The third-order valence-electron chi connectivity index (χ3n) is 7.67. The van der Waals surface area contributed by atoms with Gasteiger partial charge in [-0.05, 0) is 62.6 Å². The Labute approximate surface area is 237 Å². The first-order valence-electron chi connectivity index (χ1n) is 13.4. The van der Waals surface area contributed by atoms with Crippen LogP contribution in [-0.4, -0.2) is 48.9 Å². The molecule has 3 aliphatic rings. The third kappa shape index (κ3) is 4.55. The molecule has 1 fully saturated rings. The van der Waals surface area contributed by atoms with Crippen LogP contribution in [0.2, 0.25) is 5.02 Å². The van der Waals surface area contributed by atoms with E-state index in [0.29, 0.717) is 41.9 Å². The fourth-order valence-corrected chi connectivity index (χ4v) is 5.68. The number of amidine groups is 1. The van der Waals surface area contributed by atoms with Crippen LogP contribution in [0.5, 0.6) is 11.5 Å². The molecule has 0 unspecified atom stereocenters. The minimum Gasteiger partial charge on any atom is -0.493 e. The van der Waals surface area contributed by atoms with E-state index in [1.165, 1.54) is 0 Å². The average Bonchev–Trinajstić information content (AvgIpc) is 3.43. The molecule has 1 aromatic heterocycles. The zero-order valence-corrected chi connectivity index (χ0v) is 23.4. The maximum Gasteiger partial charge on any atom is 0.319 e. The van der Waals surface area contributed by atoms with Crippen LogP contribution in [0, 0.1) is 5.41 Å². The summed E-state index contributed by atoms with van der Waals surface area (Å²) in [5.41, 5.74) is 9.35. The molecule has 2 aromatic carbocycles. The smallest absolute Gasteiger partial charge is 0.319 e. The molecule has 6 rings (SSSR count). The van der Waals surface area contributed by atoms with Gasteiger partial charge in [0.15, 0.2) is 17.3 Å². The first-order chi connectivity index (χ1) is 19.5. The average molecular weight is 566 g/mol. The van der Waals surface area contributed by atoms with E-state index < -0.39 is 11.5 Å². The van der Waals surface area contributed by atoms with Crippen molar-refractivity contribution in [3.63, 3.8) is 0 Å². The van der Waals surface area contributed by atoms with Crippen LogP contribution >= 0.6 is 11.6 Å². The number of carbonyl (C=O) groups excluding carboxylic acids is 1. The van der Waals surface area contributed by atoms with E-state index in [9.17, 15) is 4.79 Å². The van der Waals surface area contributed by atoms with Crippen molar-refractivity contribution in [3.05, 3.63) is 76.6 Å². The van der Waals surface area contributed by atoms with Crippen molar-refractivity contribution >= 4 is 23.4 Å². The first kappa shape index (κ1) is 26.5. The quantitative estimate of drug-likeness (QED) is 0.361. The van der Waals surface area contributed by atoms with Gasteiger partial charge < -0.3 is 23.5 Å². The van der Waals surface area contributed by atoms with E-state index in [0.717, 1.165) is 35.3 Å². The molecule has 2 aliphatic heterocycles. The van der Waals surface area contributed by atoms with E-state index in [-0.39, 0.29) is 12.1 Å². The SMILES string of the molecule is CCOC(=O)C1(C2=NNN(CC[C@H]3O[C@H](c4cccc(OC)c4OC)c4cc(Cl)ccc4-n4cccc43)N2)CC1. The van der Waals surface area contributed by atoms with Gasteiger partial charge in [-0.25, -0.2) is 5.53 Å². The molecule has 0 amide bonds. The van der Waals surface area contributed by atoms with Gasteiger partial charge in [0.05, 0.1) is 32.2 Å². The lowest BCUT2D eigenvalue weighted by Gasteiger charge is -2.26. The van der Waals surface area contributed by atoms with Crippen molar-refractivity contribution in [2.75, 3.05) is 27.4 Å². The van der Waals surface area contributed by atoms with Crippen molar-refractivity contribution in [3.8, 4) is 17.2 Å². The number of methoxy groups -OCH3 is 2. The van der Waals surface area contributed by atoms with Gasteiger partial charge in [-0.15, -0.1) is 10.2 Å². The number of benzene rings is 2. The molecule has 1 aliphatic carbocycles. The summed E-state index contributed by atoms with van der Waals surface area (Å²) < 4.78 is 25.8. The van der Waals surface area contributed by atoms with Crippen molar-refractivity contribution in [1.29, 1.82) is 0 Å². The number of nitrogens with one attached hydrogen (secondary N) is 2. The molecule has 0 saturated heterocycles. The van der Waals surface area contributed by atoms with Crippen LogP contribution in [0.15, 0.2) is 59.8 Å². The molecule has 40 heavy (non-hydrogen) atoms. The molecule has 1 saturated carbocycles. The fourth-order valence-electron chi connectivity index (χ4n) is 5.50. The van der Waals surface area contributed by atoms with Crippen molar-refractivity contribution in [2.24, 2.45) is 10.5 Å². The Morgan fingerprint density at radius 2 is 2.00 bits per heavy atom. The molecule has 11 heteroatoms. The zero-order chi connectivity index (χ0) is 27.9. The number of hydrazine groups is 2. The van der Waals surface area contributed by atoms with Crippen LogP contribution in [0.4, 0.5) is 0 Å². The van der Waals surface area contributed by atoms with Gasteiger partial charge >= 0.3 is 5.97 Å². The Hall–Kier alpha value is -3.73. The Kier molecular flexibility index (Phi) is 7.07. The van der Waals surface area contributed by atoms with Gasteiger partial charge in [-0.2, -0.15) is 0 Å². The van der Waals surface area contributed by atoms with E-state index >= 15 is 0 Å². The van der Waals surface area contributed by atoms with E-state index in [4.69, 9.17) is 30.5 Å². The molecular weight excluding hydrogens is 534 g/mol.